The highest BCUT2D eigenvalue weighted by Gasteiger charge is 2.43. The number of benzene rings is 3. The molecule has 0 saturated carbocycles. The Bertz CT molecular complexity index is 3020. The number of hydrogen-bond acceptors (Lipinski definition) is 13. The molecule has 1 fully saturated rings. The fraction of sp³-hybridized carbons (Fsp3) is 0.475. The summed E-state index contributed by atoms with van der Waals surface area (Å²) in [5.74, 6) is -6.66. The van der Waals surface area contributed by atoms with Gasteiger partial charge in [-0.15, -0.1) is 0 Å². The van der Waals surface area contributed by atoms with Crippen LogP contribution in [-0.2, 0) is 56.4 Å². The summed E-state index contributed by atoms with van der Waals surface area (Å²) < 4.78 is 75.8. The zero-order valence-electron chi connectivity index (χ0n) is 47.2. The number of amides is 9. The number of aliphatic hydroxyl groups excluding tert-OH is 1. The summed E-state index contributed by atoms with van der Waals surface area (Å²) in [5, 5.41) is 23.9. The van der Waals surface area contributed by atoms with Gasteiger partial charge in [-0.2, -0.15) is 0 Å². The molecule has 84 heavy (non-hydrogen) atoms. The van der Waals surface area contributed by atoms with Crippen molar-refractivity contribution in [1.82, 2.24) is 31.1 Å². The Morgan fingerprint density at radius 1 is 0.845 bits per heavy atom. The molecular weight excluding hydrogens is 1120 g/mol. The number of imide groups is 1. The van der Waals surface area contributed by atoms with Crippen molar-refractivity contribution in [2.45, 2.75) is 122 Å². The number of alkyl carbamates (subject to hydrolysis) is 1. The minimum atomic E-state index is -3.44. The molecule has 0 aromatic heterocycles. The number of carbonyl (C=O) groups excluding carboxylic acids is 8. The number of anilines is 1. The Labute approximate surface area is 486 Å². The van der Waals surface area contributed by atoms with Crippen LogP contribution in [0, 0.1) is 29.4 Å². The van der Waals surface area contributed by atoms with Gasteiger partial charge in [-0.25, -0.2) is 31.2 Å². The molecule has 6 atom stereocenters. The van der Waals surface area contributed by atoms with Crippen LogP contribution in [0.2, 0.25) is 0 Å². The molecule has 3 aromatic carbocycles. The lowest BCUT2D eigenvalue weighted by Gasteiger charge is -2.41. The van der Waals surface area contributed by atoms with Gasteiger partial charge in [0.15, 0.2) is 0 Å². The van der Waals surface area contributed by atoms with E-state index in [4.69, 9.17) is 15.5 Å². The standard InChI is InChI=1S/C59H74F3N9O12S/c1-36(2)52(69-49(73)14-8-5-9-27-70-50(74)21-22-51(70)75)56(77)68-47(13-10-26-64-58(63)79)55(76)65-43-18-15-39(16-19-43)35-83-59(80)66-44(34-60)23-28-71(57(78)37(3)72)54(40-24-29-84(81,82)30-25-40)53-41(31-38-11-6-4-7-12-38)32-48(67-53)45-33-42(61)17-20-46(45)62/h4,6-7,11-12,15-22,32-33,36-37,40-41,44,47,52,54,72H,5,8-10,13-14,23-31,34-35H2,1-3H3,(H,65,76)(H,66,80)(H,68,77)(H,69,73)(H3,63,64,79)/t37-,41?,44-,47-,52-,54+/m0/s1. The molecule has 0 bridgehead atoms. The van der Waals surface area contributed by atoms with Gasteiger partial charge in [0.2, 0.25) is 17.7 Å². The Kier molecular flexibility index (Phi) is 24.2. The van der Waals surface area contributed by atoms with Gasteiger partial charge in [0, 0.05) is 61.1 Å². The van der Waals surface area contributed by atoms with E-state index in [1.54, 1.807) is 32.1 Å². The fourth-order valence-electron chi connectivity index (χ4n) is 10.2. The number of allylic oxidation sites excluding steroid dienone is 1. The van der Waals surface area contributed by atoms with Crippen LogP contribution in [0.3, 0.4) is 0 Å². The minimum absolute atomic E-state index is 0.0562. The van der Waals surface area contributed by atoms with Crippen molar-refractivity contribution in [1.29, 1.82) is 0 Å². The molecule has 3 aromatic rings. The summed E-state index contributed by atoms with van der Waals surface area (Å²) in [4.78, 5) is 110. The van der Waals surface area contributed by atoms with Gasteiger partial charge in [-0.05, 0) is 118 Å². The number of nitrogens with zero attached hydrogens (tertiary/aromatic N) is 3. The molecule has 25 heteroatoms. The van der Waals surface area contributed by atoms with E-state index in [1.807, 2.05) is 30.3 Å². The number of nitrogens with two attached hydrogens (primary N) is 1. The molecule has 0 spiro atoms. The largest absolute Gasteiger partial charge is 0.445 e. The SMILES string of the molecule is CC(C)[C@H](NC(=O)CCCCCN1C(=O)C=CC1=O)C(=O)N[C@@H](CCCNC(N)=O)C(=O)Nc1ccc(COC(=O)N[C@H](CF)CCN(C(=O)[C@H](C)O)[C@@H](C2=NC(c3cc(F)ccc3F)=CC2Cc2ccccc2)C2CCS(=O)(=O)CC2)cc1. The first-order chi connectivity index (χ1) is 40.0. The Morgan fingerprint density at radius 3 is 2.18 bits per heavy atom. The number of primary amides is 1. The maximum Gasteiger partial charge on any atom is 0.407 e. The van der Waals surface area contributed by atoms with Gasteiger partial charge >= 0.3 is 12.1 Å². The first kappa shape index (κ1) is 65.2. The molecule has 0 aliphatic carbocycles. The van der Waals surface area contributed by atoms with E-state index in [0.29, 0.717) is 37.0 Å². The van der Waals surface area contributed by atoms with Gasteiger partial charge in [0.1, 0.15) is 52.9 Å². The maximum absolute atomic E-state index is 15.4. The van der Waals surface area contributed by atoms with Crippen molar-refractivity contribution in [2.24, 2.45) is 28.5 Å². The maximum atomic E-state index is 15.4. The number of aliphatic hydroxyl groups is 1. The van der Waals surface area contributed by atoms with E-state index in [9.17, 15) is 60.7 Å². The van der Waals surface area contributed by atoms with Gasteiger partial charge in [-0.3, -0.25) is 38.7 Å². The van der Waals surface area contributed by atoms with Crippen LogP contribution in [0.1, 0.15) is 95.2 Å². The second-order valence-electron chi connectivity index (χ2n) is 21.5. The molecule has 8 N–H and O–H groups in total. The third-order valence-electron chi connectivity index (χ3n) is 14.7. The molecule has 454 valence electrons. The van der Waals surface area contributed by atoms with Gasteiger partial charge in [-0.1, -0.05) is 62.7 Å². The van der Waals surface area contributed by atoms with Crippen LogP contribution in [0.15, 0.2) is 96.0 Å². The number of unbranched alkanes of at least 4 members (excludes halogenated alkanes) is 2. The predicted molar refractivity (Wildman–Crippen MR) is 307 cm³/mol. The number of nitrogens with one attached hydrogen (secondary N) is 5. The number of urea groups is 1. The number of carbonyl (C=O) groups is 8. The van der Waals surface area contributed by atoms with Crippen LogP contribution >= 0.6 is 0 Å². The van der Waals surface area contributed by atoms with Crippen LogP contribution < -0.4 is 32.3 Å². The van der Waals surface area contributed by atoms with Crippen LogP contribution in [0.4, 0.5) is 28.4 Å². The number of rotatable bonds is 30. The van der Waals surface area contributed by atoms with Crippen molar-refractivity contribution in [3.8, 4) is 0 Å². The molecule has 21 nitrogen and oxygen atoms in total. The third kappa shape index (κ3) is 19.3. The summed E-state index contributed by atoms with van der Waals surface area (Å²) in [7, 11) is -3.44. The van der Waals surface area contributed by atoms with E-state index in [1.165, 1.54) is 36.1 Å². The van der Waals surface area contributed by atoms with Crippen LogP contribution in [0.25, 0.3) is 5.70 Å². The number of hydrogen-bond donors (Lipinski definition) is 7. The second-order valence-corrected chi connectivity index (χ2v) is 23.8. The molecule has 9 amide bonds. The van der Waals surface area contributed by atoms with E-state index in [2.05, 4.69) is 26.6 Å². The third-order valence-corrected chi connectivity index (χ3v) is 16.4. The van der Waals surface area contributed by atoms with Crippen LogP contribution in [-0.4, -0.2) is 145 Å². The highest BCUT2D eigenvalue weighted by molar-refractivity contribution is 7.91. The van der Waals surface area contributed by atoms with Crippen molar-refractivity contribution < 1.29 is 69.8 Å². The summed E-state index contributed by atoms with van der Waals surface area (Å²) >= 11 is 0. The zero-order chi connectivity index (χ0) is 61.1. The Balaban J connectivity index is 1.08. The molecule has 3 aliphatic rings. The van der Waals surface area contributed by atoms with E-state index >= 15 is 4.39 Å². The Morgan fingerprint density at radius 2 is 1.54 bits per heavy atom. The molecule has 1 unspecified atom stereocenters. The minimum Gasteiger partial charge on any atom is -0.445 e. The summed E-state index contributed by atoms with van der Waals surface area (Å²) in [6, 6.07) is 13.1. The Hall–Kier alpha value is -7.93. The highest BCUT2D eigenvalue weighted by Crippen LogP contribution is 2.37. The highest BCUT2D eigenvalue weighted by atomic mass is 32.2. The topological polar surface area (TPSA) is 305 Å². The number of aliphatic imine (C=N–C) groups is 1. The lowest BCUT2D eigenvalue weighted by atomic mass is 9.82. The molecule has 6 rings (SSSR count). The molecule has 3 aliphatic heterocycles. The molecule has 0 radical (unpaired) electrons. The lowest BCUT2D eigenvalue weighted by molar-refractivity contribution is -0.141. The molecule has 3 heterocycles. The van der Waals surface area contributed by atoms with Crippen molar-refractivity contribution in [3.05, 3.63) is 119 Å². The first-order valence-corrected chi connectivity index (χ1v) is 29.9. The molecule has 1 saturated heterocycles. The fourth-order valence-corrected chi connectivity index (χ4v) is 11.7. The van der Waals surface area contributed by atoms with Crippen molar-refractivity contribution >= 4 is 74.5 Å². The summed E-state index contributed by atoms with van der Waals surface area (Å²) in [5.41, 5.74) is 7.11. The monoisotopic (exact) mass is 1190 g/mol. The normalized spacial score (nSPS) is 17.5. The predicted octanol–water partition coefficient (Wildman–Crippen LogP) is 5.17. The second kappa shape index (κ2) is 31.1. The molecular formula is C59H74F3N9O12S. The van der Waals surface area contributed by atoms with Gasteiger partial charge in [0.05, 0.1) is 29.3 Å². The van der Waals surface area contributed by atoms with E-state index < -0.39 is 112 Å². The zero-order valence-corrected chi connectivity index (χ0v) is 48.0. The van der Waals surface area contributed by atoms with Crippen molar-refractivity contribution in [3.63, 3.8) is 0 Å². The number of halogens is 3. The average Bonchev–Trinajstić information content (AvgIpc) is 2.30. The lowest BCUT2D eigenvalue weighted by Crippen LogP contribution is -2.55. The smallest absolute Gasteiger partial charge is 0.407 e. The van der Waals surface area contributed by atoms with E-state index in [0.717, 1.165) is 28.7 Å². The average molecular weight is 1190 g/mol. The summed E-state index contributed by atoms with van der Waals surface area (Å²) in [6.45, 7) is 3.33. The van der Waals surface area contributed by atoms with Gasteiger partial charge in [0.25, 0.3) is 17.7 Å². The summed E-state index contributed by atoms with van der Waals surface area (Å²) in [6.07, 6.45) is 3.57. The quantitative estimate of drug-likeness (QED) is 0.0336. The van der Waals surface area contributed by atoms with Crippen molar-refractivity contribution in [2.75, 3.05) is 43.1 Å². The van der Waals surface area contributed by atoms with Gasteiger partial charge < -0.3 is 47.1 Å². The van der Waals surface area contributed by atoms with Crippen LogP contribution in [0.5, 0.6) is 0 Å². The first-order valence-electron chi connectivity index (χ1n) is 28.1. The number of ether oxygens (including phenoxy) is 1. The number of sulfone groups is 1. The number of alkyl halides is 1. The van der Waals surface area contributed by atoms with E-state index in [-0.39, 0.29) is 105 Å².